The maximum atomic E-state index is 5.75. The van der Waals surface area contributed by atoms with Crippen LogP contribution in [0.2, 0.25) is 0 Å². The van der Waals surface area contributed by atoms with Crippen molar-refractivity contribution in [2.24, 2.45) is 17.6 Å². The predicted molar refractivity (Wildman–Crippen MR) is 63.9 cm³/mol. The SMILES string of the molecule is COCC(C)CN1CC(CN)CCC1C. The van der Waals surface area contributed by atoms with E-state index in [0.29, 0.717) is 17.9 Å². The lowest BCUT2D eigenvalue weighted by Gasteiger charge is -2.39. The fraction of sp³-hybridized carbons (Fsp3) is 1.00. The van der Waals surface area contributed by atoms with Gasteiger partial charge in [0, 0.05) is 32.8 Å². The van der Waals surface area contributed by atoms with Gasteiger partial charge in [-0.3, -0.25) is 4.90 Å². The molecule has 15 heavy (non-hydrogen) atoms. The first-order valence-corrected chi connectivity index (χ1v) is 6.10. The first-order valence-electron chi connectivity index (χ1n) is 6.10. The lowest BCUT2D eigenvalue weighted by atomic mass is 9.93. The number of rotatable bonds is 5. The Morgan fingerprint density at radius 2 is 2.20 bits per heavy atom. The predicted octanol–water partition coefficient (Wildman–Crippen LogP) is 1.33. The Morgan fingerprint density at radius 3 is 2.80 bits per heavy atom. The first-order chi connectivity index (χ1) is 7.17. The van der Waals surface area contributed by atoms with Crippen molar-refractivity contribution in [3.8, 4) is 0 Å². The summed E-state index contributed by atoms with van der Waals surface area (Å²) >= 11 is 0. The molecule has 1 fully saturated rings. The Balaban J connectivity index is 2.36. The smallest absolute Gasteiger partial charge is 0.0500 e. The van der Waals surface area contributed by atoms with Gasteiger partial charge in [0.25, 0.3) is 0 Å². The molecule has 3 nitrogen and oxygen atoms in total. The lowest BCUT2D eigenvalue weighted by Crippen LogP contribution is -2.46. The van der Waals surface area contributed by atoms with Crippen molar-refractivity contribution < 1.29 is 4.74 Å². The maximum Gasteiger partial charge on any atom is 0.0500 e. The number of piperidine rings is 1. The molecule has 0 bridgehead atoms. The van der Waals surface area contributed by atoms with Gasteiger partial charge in [0.05, 0.1) is 0 Å². The number of likely N-dealkylation sites (tertiary alicyclic amines) is 1. The van der Waals surface area contributed by atoms with Gasteiger partial charge in [-0.15, -0.1) is 0 Å². The van der Waals surface area contributed by atoms with Crippen LogP contribution in [0.4, 0.5) is 0 Å². The third kappa shape index (κ3) is 4.09. The van der Waals surface area contributed by atoms with E-state index in [1.54, 1.807) is 7.11 Å². The number of nitrogens with two attached hydrogens (primary N) is 1. The van der Waals surface area contributed by atoms with Crippen molar-refractivity contribution in [3.05, 3.63) is 0 Å². The fourth-order valence-corrected chi connectivity index (χ4v) is 2.45. The highest BCUT2D eigenvalue weighted by Crippen LogP contribution is 2.21. The average molecular weight is 214 g/mol. The first kappa shape index (κ1) is 12.9. The number of ether oxygens (including phenoxy) is 1. The van der Waals surface area contributed by atoms with E-state index in [1.807, 2.05) is 0 Å². The minimum atomic E-state index is 0.619. The minimum absolute atomic E-state index is 0.619. The summed E-state index contributed by atoms with van der Waals surface area (Å²) in [6.45, 7) is 8.59. The molecule has 0 amide bonds. The largest absolute Gasteiger partial charge is 0.384 e. The van der Waals surface area contributed by atoms with Crippen LogP contribution >= 0.6 is 0 Å². The number of nitrogens with zero attached hydrogens (tertiary/aromatic N) is 1. The molecule has 0 aromatic heterocycles. The van der Waals surface area contributed by atoms with Crippen LogP contribution in [0.1, 0.15) is 26.7 Å². The van der Waals surface area contributed by atoms with E-state index in [2.05, 4.69) is 18.7 Å². The van der Waals surface area contributed by atoms with Gasteiger partial charge in [-0.1, -0.05) is 6.92 Å². The van der Waals surface area contributed by atoms with Crippen LogP contribution in [0, 0.1) is 11.8 Å². The van der Waals surface area contributed by atoms with Crippen LogP contribution < -0.4 is 5.73 Å². The topological polar surface area (TPSA) is 38.5 Å². The summed E-state index contributed by atoms with van der Waals surface area (Å²) in [5.41, 5.74) is 5.75. The van der Waals surface area contributed by atoms with E-state index in [-0.39, 0.29) is 0 Å². The van der Waals surface area contributed by atoms with Gasteiger partial charge in [0.15, 0.2) is 0 Å². The van der Waals surface area contributed by atoms with Gasteiger partial charge in [-0.05, 0) is 38.1 Å². The van der Waals surface area contributed by atoms with E-state index < -0.39 is 0 Å². The second-order valence-corrected chi connectivity index (χ2v) is 5.04. The maximum absolute atomic E-state index is 5.75. The van der Waals surface area contributed by atoms with Crippen LogP contribution in [0.15, 0.2) is 0 Å². The molecule has 2 N–H and O–H groups in total. The molecule has 0 aromatic rings. The molecule has 0 radical (unpaired) electrons. The summed E-state index contributed by atoms with van der Waals surface area (Å²) in [5, 5.41) is 0. The Morgan fingerprint density at radius 1 is 1.47 bits per heavy atom. The van der Waals surface area contributed by atoms with Crippen LogP contribution in [0.25, 0.3) is 0 Å². The summed E-state index contributed by atoms with van der Waals surface area (Å²) in [6.07, 6.45) is 2.59. The molecule has 1 saturated heterocycles. The Labute approximate surface area is 94.0 Å². The lowest BCUT2D eigenvalue weighted by molar-refractivity contribution is 0.0761. The average Bonchev–Trinajstić information content (AvgIpc) is 2.21. The Kier molecular flexibility index (Phi) is 5.58. The molecule has 3 unspecified atom stereocenters. The molecule has 90 valence electrons. The molecule has 3 heteroatoms. The molecule has 0 spiro atoms. The summed E-state index contributed by atoms with van der Waals surface area (Å²) in [6, 6.07) is 0.715. The summed E-state index contributed by atoms with van der Waals surface area (Å²) < 4.78 is 5.18. The number of hydrogen-bond acceptors (Lipinski definition) is 3. The molecule has 1 aliphatic heterocycles. The van der Waals surface area contributed by atoms with Crippen molar-refractivity contribution in [1.29, 1.82) is 0 Å². The molecule has 1 rings (SSSR count). The summed E-state index contributed by atoms with van der Waals surface area (Å²) in [4.78, 5) is 2.57. The van der Waals surface area contributed by atoms with Crippen LogP contribution in [-0.4, -0.2) is 44.3 Å². The van der Waals surface area contributed by atoms with E-state index in [9.17, 15) is 0 Å². The van der Waals surface area contributed by atoms with Gasteiger partial charge < -0.3 is 10.5 Å². The van der Waals surface area contributed by atoms with Gasteiger partial charge in [-0.2, -0.15) is 0 Å². The number of methoxy groups -OCH3 is 1. The van der Waals surface area contributed by atoms with Gasteiger partial charge >= 0.3 is 0 Å². The third-order valence-corrected chi connectivity index (χ3v) is 3.44. The second kappa shape index (κ2) is 6.46. The monoisotopic (exact) mass is 214 g/mol. The minimum Gasteiger partial charge on any atom is -0.384 e. The van der Waals surface area contributed by atoms with Crippen LogP contribution in [0.3, 0.4) is 0 Å². The van der Waals surface area contributed by atoms with Crippen molar-refractivity contribution >= 4 is 0 Å². The van der Waals surface area contributed by atoms with Gasteiger partial charge in [0.1, 0.15) is 0 Å². The highest BCUT2D eigenvalue weighted by molar-refractivity contribution is 4.80. The highest BCUT2D eigenvalue weighted by atomic mass is 16.5. The Bertz CT molecular complexity index is 175. The normalized spacial score (nSPS) is 30.4. The molecule has 1 heterocycles. The van der Waals surface area contributed by atoms with Crippen LogP contribution in [0.5, 0.6) is 0 Å². The van der Waals surface area contributed by atoms with Crippen molar-refractivity contribution in [3.63, 3.8) is 0 Å². The van der Waals surface area contributed by atoms with E-state index in [4.69, 9.17) is 10.5 Å². The van der Waals surface area contributed by atoms with Crippen molar-refractivity contribution in [2.75, 3.05) is 33.4 Å². The molecular weight excluding hydrogens is 188 g/mol. The van der Waals surface area contributed by atoms with E-state index in [0.717, 1.165) is 19.7 Å². The zero-order valence-electron chi connectivity index (χ0n) is 10.4. The molecule has 0 aromatic carbocycles. The number of hydrogen-bond donors (Lipinski definition) is 1. The molecule has 3 atom stereocenters. The molecule has 0 aliphatic carbocycles. The standard InChI is InChI=1S/C12H26N2O/c1-10(9-15-3)7-14-8-12(6-13)5-4-11(14)2/h10-12H,4-9,13H2,1-3H3. The Hall–Kier alpha value is -0.120. The van der Waals surface area contributed by atoms with Crippen LogP contribution in [-0.2, 0) is 4.74 Å². The third-order valence-electron chi connectivity index (χ3n) is 3.44. The van der Waals surface area contributed by atoms with Gasteiger partial charge in [0.2, 0.25) is 0 Å². The summed E-state index contributed by atoms with van der Waals surface area (Å²) in [7, 11) is 1.78. The van der Waals surface area contributed by atoms with E-state index in [1.165, 1.54) is 19.4 Å². The van der Waals surface area contributed by atoms with Crippen molar-refractivity contribution in [1.82, 2.24) is 4.90 Å². The summed E-state index contributed by atoms with van der Waals surface area (Å²) in [5.74, 6) is 1.32. The van der Waals surface area contributed by atoms with Gasteiger partial charge in [-0.25, -0.2) is 0 Å². The zero-order chi connectivity index (χ0) is 11.3. The van der Waals surface area contributed by atoms with Crippen molar-refractivity contribution in [2.45, 2.75) is 32.7 Å². The van der Waals surface area contributed by atoms with E-state index >= 15 is 0 Å². The molecular formula is C12H26N2O. The second-order valence-electron chi connectivity index (χ2n) is 5.04. The molecule has 0 saturated carbocycles. The molecule has 1 aliphatic rings. The highest BCUT2D eigenvalue weighted by Gasteiger charge is 2.25. The quantitative estimate of drug-likeness (QED) is 0.750. The fourth-order valence-electron chi connectivity index (χ4n) is 2.45. The zero-order valence-corrected chi connectivity index (χ0v) is 10.4.